The van der Waals surface area contributed by atoms with Gasteiger partial charge in [0.05, 0.1) is 6.33 Å². The number of aryl methyl sites for hydroxylation is 1. The summed E-state index contributed by atoms with van der Waals surface area (Å²) in [6.45, 7) is -2.05. The number of hydrogen-bond donors (Lipinski definition) is 1. The summed E-state index contributed by atoms with van der Waals surface area (Å²) in [7, 11) is 0. The summed E-state index contributed by atoms with van der Waals surface area (Å²) < 4.78 is 20.6. The van der Waals surface area contributed by atoms with Gasteiger partial charge >= 0.3 is 0 Å². The second-order valence-electron chi connectivity index (χ2n) is 0.965. The molecular formula is C4H6N2. The van der Waals surface area contributed by atoms with Gasteiger partial charge in [-0.05, 0) is 6.85 Å². The molecule has 0 radical (unpaired) electrons. The van der Waals surface area contributed by atoms with Crippen LogP contribution in [0.1, 0.15) is 9.81 Å². The summed E-state index contributed by atoms with van der Waals surface area (Å²) in [5.74, 6) is 0. The Kier molecular flexibility index (Phi) is 0.257. The minimum Gasteiger partial charge on any atom is -0.349 e. The highest BCUT2D eigenvalue weighted by atomic mass is 14.8. The average molecular weight is 85.1 g/mol. The van der Waals surface area contributed by atoms with Gasteiger partial charge in [0, 0.05) is 16.0 Å². The van der Waals surface area contributed by atoms with Crippen molar-refractivity contribution < 1.29 is 4.11 Å². The average Bonchev–Trinajstić information content (AvgIpc) is 2.08. The largest absolute Gasteiger partial charge is 0.349 e. The van der Waals surface area contributed by atoms with Crippen LogP contribution in [0.15, 0.2) is 12.5 Å². The lowest BCUT2D eigenvalue weighted by Crippen LogP contribution is -1.59. The number of aromatic amines is 1. The van der Waals surface area contributed by atoms with Crippen molar-refractivity contribution in [1.82, 2.24) is 9.97 Å². The molecule has 0 amide bonds. The van der Waals surface area contributed by atoms with Crippen molar-refractivity contribution in [3.05, 3.63) is 18.2 Å². The molecule has 1 rings (SSSR count). The third-order valence-electron chi connectivity index (χ3n) is 0.498. The Balaban J connectivity index is 2.90. The Bertz CT molecular complexity index is 176. The molecule has 0 aliphatic carbocycles. The fourth-order valence-corrected chi connectivity index (χ4v) is 0.256. The minimum atomic E-state index is -2.05. The van der Waals surface area contributed by atoms with E-state index in [4.69, 9.17) is 4.11 Å². The summed E-state index contributed by atoms with van der Waals surface area (Å²) in [6, 6.07) is 0. The third-order valence-corrected chi connectivity index (χ3v) is 0.498. The molecule has 0 bridgehead atoms. The molecule has 0 aliphatic rings. The lowest BCUT2D eigenvalue weighted by atomic mass is 10.6. The zero-order valence-corrected chi connectivity index (χ0v) is 3.10. The molecular weight excluding hydrogens is 76.1 g/mol. The van der Waals surface area contributed by atoms with Crippen molar-refractivity contribution in [2.75, 3.05) is 0 Å². The number of H-pyrrole nitrogens is 1. The van der Waals surface area contributed by atoms with Crippen molar-refractivity contribution in [2.45, 2.75) is 6.85 Å². The first-order valence-corrected chi connectivity index (χ1v) is 1.59. The smallest absolute Gasteiger partial charge is 0.0921 e. The first kappa shape index (κ1) is 1.37. The van der Waals surface area contributed by atoms with Crippen LogP contribution in [-0.2, 0) is 0 Å². The molecule has 2 heteroatoms. The van der Waals surface area contributed by atoms with Crippen LogP contribution in [0.25, 0.3) is 0 Å². The Morgan fingerprint density at radius 3 is 3.50 bits per heavy atom. The fraction of sp³-hybridized carbons (Fsp3) is 0.250. The highest BCUT2D eigenvalue weighted by molar-refractivity contribution is 4.87. The number of imidazole rings is 1. The Morgan fingerprint density at radius 2 is 3.17 bits per heavy atom. The highest BCUT2D eigenvalue weighted by Gasteiger charge is 1.73. The van der Waals surface area contributed by atoms with Gasteiger partial charge in [-0.1, -0.05) is 0 Å². The number of nitrogens with zero attached hydrogens (tertiary/aromatic N) is 1. The molecule has 0 saturated heterocycles. The molecule has 6 heavy (non-hydrogen) atoms. The predicted molar refractivity (Wildman–Crippen MR) is 23.3 cm³/mol. The van der Waals surface area contributed by atoms with E-state index in [1.807, 2.05) is 0 Å². The zero-order valence-electron chi connectivity index (χ0n) is 6.10. The number of hydrogen-bond acceptors (Lipinski definition) is 1. The molecule has 0 spiro atoms. The molecule has 1 heterocycles. The Hall–Kier alpha value is -0.790. The first-order chi connectivity index (χ1) is 4.11. The van der Waals surface area contributed by atoms with Crippen molar-refractivity contribution in [1.29, 1.82) is 0 Å². The number of rotatable bonds is 0. The van der Waals surface area contributed by atoms with Crippen LogP contribution in [-0.4, -0.2) is 9.97 Å². The topological polar surface area (TPSA) is 28.7 Å². The van der Waals surface area contributed by atoms with Gasteiger partial charge in [0.25, 0.3) is 0 Å². The highest BCUT2D eigenvalue weighted by Crippen LogP contribution is 1.81. The number of nitrogens with one attached hydrogen (secondary N) is 1. The van der Waals surface area contributed by atoms with Crippen molar-refractivity contribution >= 4 is 0 Å². The van der Waals surface area contributed by atoms with Gasteiger partial charge in [-0.3, -0.25) is 0 Å². The van der Waals surface area contributed by atoms with E-state index >= 15 is 0 Å². The molecule has 0 saturated carbocycles. The third kappa shape index (κ3) is 0.407. The van der Waals surface area contributed by atoms with Crippen LogP contribution in [0.4, 0.5) is 0 Å². The van der Waals surface area contributed by atoms with E-state index in [0.29, 0.717) is 0 Å². The Morgan fingerprint density at radius 1 is 2.17 bits per heavy atom. The van der Waals surface area contributed by atoms with E-state index in [-0.39, 0.29) is 5.69 Å². The van der Waals surface area contributed by atoms with Gasteiger partial charge in [0.1, 0.15) is 0 Å². The number of aromatic nitrogens is 2. The molecule has 0 fully saturated rings. The maximum absolute atomic E-state index is 6.85. The Labute approximate surface area is 40.4 Å². The second kappa shape index (κ2) is 1.12. The van der Waals surface area contributed by atoms with Crippen LogP contribution >= 0.6 is 0 Å². The monoisotopic (exact) mass is 85.1 g/mol. The summed E-state index contributed by atoms with van der Waals surface area (Å²) in [6.07, 6.45) is 2.65. The molecule has 0 aromatic carbocycles. The van der Waals surface area contributed by atoms with Gasteiger partial charge in [-0.2, -0.15) is 0 Å². The van der Waals surface area contributed by atoms with Crippen molar-refractivity contribution in [3.8, 4) is 0 Å². The van der Waals surface area contributed by atoms with Gasteiger partial charge in [0.2, 0.25) is 0 Å². The standard InChI is InChI=1S/C4H6N2/c1-4-2-5-3-6-4/h2-3H,1H3,(H,5,6)/i1D3. The molecule has 1 aromatic rings. The summed E-state index contributed by atoms with van der Waals surface area (Å²) in [5.41, 5.74) is 0.183. The van der Waals surface area contributed by atoms with Crippen LogP contribution in [0.3, 0.4) is 0 Å². The van der Waals surface area contributed by atoms with Crippen LogP contribution in [0, 0.1) is 6.85 Å². The minimum absolute atomic E-state index is 0.183. The van der Waals surface area contributed by atoms with E-state index in [1.54, 1.807) is 0 Å². The van der Waals surface area contributed by atoms with E-state index < -0.39 is 6.85 Å². The van der Waals surface area contributed by atoms with E-state index in [1.165, 1.54) is 12.5 Å². The summed E-state index contributed by atoms with van der Waals surface area (Å²) >= 11 is 0. The second-order valence-corrected chi connectivity index (χ2v) is 0.965. The van der Waals surface area contributed by atoms with E-state index in [0.717, 1.165) is 0 Å². The van der Waals surface area contributed by atoms with Gasteiger partial charge in [0.15, 0.2) is 0 Å². The van der Waals surface area contributed by atoms with Crippen LogP contribution in [0.5, 0.6) is 0 Å². The maximum atomic E-state index is 6.85. The summed E-state index contributed by atoms with van der Waals surface area (Å²) in [5, 5.41) is 0. The molecule has 0 aliphatic heterocycles. The molecule has 2 nitrogen and oxygen atoms in total. The van der Waals surface area contributed by atoms with Gasteiger partial charge in [-0.15, -0.1) is 0 Å². The molecule has 1 aromatic heterocycles. The van der Waals surface area contributed by atoms with Crippen LogP contribution < -0.4 is 0 Å². The van der Waals surface area contributed by atoms with Crippen molar-refractivity contribution in [3.63, 3.8) is 0 Å². The molecule has 0 atom stereocenters. The normalized spacial score (nSPS) is 18.3. The zero-order chi connectivity index (χ0) is 6.91. The van der Waals surface area contributed by atoms with Crippen molar-refractivity contribution in [2.24, 2.45) is 0 Å². The fourth-order valence-electron chi connectivity index (χ4n) is 0.256. The van der Waals surface area contributed by atoms with E-state index in [2.05, 4.69) is 9.97 Å². The van der Waals surface area contributed by atoms with E-state index in [9.17, 15) is 0 Å². The lowest BCUT2D eigenvalue weighted by Gasteiger charge is -1.67. The van der Waals surface area contributed by atoms with Crippen LogP contribution in [0.2, 0.25) is 0 Å². The maximum Gasteiger partial charge on any atom is 0.0921 e. The molecule has 1 N–H and O–H groups in total. The quantitative estimate of drug-likeness (QED) is 0.494. The van der Waals surface area contributed by atoms with Gasteiger partial charge in [-0.25, -0.2) is 4.98 Å². The molecule has 32 valence electrons. The lowest BCUT2D eigenvalue weighted by molar-refractivity contribution is 1.25. The molecule has 0 unspecified atom stereocenters. The first-order valence-electron chi connectivity index (χ1n) is 3.09. The SMILES string of the molecule is [2H]C([2H])([2H])c1cnc[nH]1. The van der Waals surface area contributed by atoms with Gasteiger partial charge < -0.3 is 4.98 Å². The summed E-state index contributed by atoms with van der Waals surface area (Å²) in [4.78, 5) is 6.08. The predicted octanol–water partition coefficient (Wildman–Crippen LogP) is 0.718.